The largest absolute Gasteiger partial charge is 0.300 e. The predicted octanol–water partition coefficient (Wildman–Crippen LogP) is 10.5. The SMILES string of the molecule is CC1(C)C=NC(c2[c-]c(C3CCCC=N3)ccc2)=CC1.Oc1ccccc1.[Cl][Pt+].[Pt].[c-]1c(C2=CCCC=N2)cccc1-c1ccccn1. The molecule has 7 rings (SSSR count). The Labute approximate surface area is 315 Å². The van der Waals surface area contributed by atoms with Gasteiger partial charge in [-0.1, -0.05) is 67.5 Å². The Bertz CT molecular complexity index is 1700. The van der Waals surface area contributed by atoms with Crippen LogP contribution >= 0.6 is 9.42 Å². The third-order valence-electron chi connectivity index (χ3n) is 7.56. The second-order valence-electron chi connectivity index (χ2n) is 11.8. The molecule has 5 nitrogen and oxygen atoms in total. The molecule has 48 heavy (non-hydrogen) atoms. The van der Waals surface area contributed by atoms with Crippen molar-refractivity contribution in [1.82, 2.24) is 4.98 Å². The first-order valence-corrected chi connectivity index (χ1v) is 18.6. The molecule has 0 spiro atoms. The maximum absolute atomic E-state index is 8.63. The van der Waals surface area contributed by atoms with E-state index in [2.05, 4.69) is 98.1 Å². The van der Waals surface area contributed by atoms with Crippen molar-refractivity contribution in [2.45, 2.75) is 58.4 Å². The number of hydrogen-bond donors (Lipinski definition) is 1. The maximum Gasteiger partial charge on any atom is 0.0183 e. The van der Waals surface area contributed by atoms with Gasteiger partial charge in [-0.15, -0.1) is 59.7 Å². The van der Waals surface area contributed by atoms with Crippen LogP contribution in [0.1, 0.15) is 75.1 Å². The standard InChI is InChI=1S/C18H21N2.C16H13N2.C6H6O.ClH.2Pt/c1-18(2)10-9-17(20-13-18)15-7-5-6-14(12-15)16-8-3-4-11-19-16;1-3-10-17-15(8-1)13-6-5-7-14(12-13)16-9-2-4-11-18-16;7-6-4-2-1-3-5-6;;;/h5-7,9,11,13,16H,3-4,8,10H2,1-2H3;1,3,5-11H,2,4H2;1-5,7H;1H;;/q2*-1;;;;+2/p-1. The fourth-order valence-corrected chi connectivity index (χ4v) is 5.04. The number of hydrogen-bond acceptors (Lipinski definition) is 5. The Hall–Kier alpha value is -3.23. The summed E-state index contributed by atoms with van der Waals surface area (Å²) in [5, 5.41) is 8.63. The molecule has 4 aromatic rings. The fraction of sp³-hybridized carbons (Fsp3) is 0.250. The normalized spacial score (nSPS) is 17.0. The Morgan fingerprint density at radius 2 is 1.46 bits per heavy atom. The van der Waals surface area contributed by atoms with Gasteiger partial charge in [-0.3, -0.25) is 15.0 Å². The number of aliphatic imine (C=N–C) groups is 3. The molecular formula is C40H40ClN4OPt2-. The fourth-order valence-electron chi connectivity index (χ4n) is 5.04. The minimum atomic E-state index is 0. The molecule has 0 amide bonds. The maximum atomic E-state index is 8.63. The second kappa shape index (κ2) is 21.0. The summed E-state index contributed by atoms with van der Waals surface area (Å²) in [6, 6.07) is 34.2. The second-order valence-corrected chi connectivity index (χ2v) is 11.8. The van der Waals surface area contributed by atoms with E-state index in [1.807, 2.05) is 48.7 Å². The predicted molar refractivity (Wildman–Crippen MR) is 193 cm³/mol. The number of aromatic hydroxyl groups is 1. The van der Waals surface area contributed by atoms with Gasteiger partial charge in [-0.25, -0.2) is 0 Å². The zero-order chi connectivity index (χ0) is 33.3. The minimum Gasteiger partial charge on any atom is -0.300 e. The molecule has 1 aromatic heterocycles. The van der Waals surface area contributed by atoms with Crippen molar-refractivity contribution in [2.24, 2.45) is 20.4 Å². The topological polar surface area (TPSA) is 70.2 Å². The number of rotatable bonds is 4. The summed E-state index contributed by atoms with van der Waals surface area (Å²) < 4.78 is 0. The summed E-state index contributed by atoms with van der Waals surface area (Å²) in [6.45, 7) is 4.42. The number of phenols is 1. The van der Waals surface area contributed by atoms with Crippen LogP contribution in [-0.2, 0) is 39.8 Å². The summed E-state index contributed by atoms with van der Waals surface area (Å²) in [7, 11) is 4.61. The van der Waals surface area contributed by atoms with Crippen molar-refractivity contribution in [3.05, 3.63) is 132 Å². The van der Waals surface area contributed by atoms with Gasteiger partial charge < -0.3 is 10.1 Å². The summed E-state index contributed by atoms with van der Waals surface area (Å²) in [4.78, 5) is 18.0. The van der Waals surface area contributed by atoms with Gasteiger partial charge in [0, 0.05) is 44.1 Å². The molecule has 3 aliphatic heterocycles. The van der Waals surface area contributed by atoms with Gasteiger partial charge >= 0.3 is 28.2 Å². The Kier molecular flexibility index (Phi) is 17.1. The first-order valence-electron chi connectivity index (χ1n) is 15.8. The number of phenolic OH excluding ortho intramolecular Hbond substituents is 1. The third-order valence-corrected chi connectivity index (χ3v) is 7.56. The van der Waals surface area contributed by atoms with Crippen molar-refractivity contribution < 1.29 is 44.9 Å². The molecule has 3 aliphatic rings. The molecular weight excluding hydrogens is 978 g/mol. The molecule has 0 fully saturated rings. The quantitative estimate of drug-likeness (QED) is 0.207. The number of aromatic nitrogens is 1. The number of halogens is 1. The molecule has 1 unspecified atom stereocenters. The van der Waals surface area contributed by atoms with Crippen molar-refractivity contribution in [1.29, 1.82) is 0 Å². The Morgan fingerprint density at radius 3 is 2.06 bits per heavy atom. The Balaban J connectivity index is 0.000000206. The average molecular weight is 1020 g/mol. The molecule has 0 radical (unpaired) electrons. The summed E-state index contributed by atoms with van der Waals surface area (Å²) in [6.07, 6.45) is 18.8. The van der Waals surface area contributed by atoms with Gasteiger partial charge in [0.1, 0.15) is 5.75 Å². The smallest absolute Gasteiger partial charge is 0.0183 e. The van der Waals surface area contributed by atoms with Crippen molar-refractivity contribution >= 4 is 39.5 Å². The van der Waals surface area contributed by atoms with E-state index >= 15 is 0 Å². The molecule has 0 saturated heterocycles. The van der Waals surface area contributed by atoms with Crippen molar-refractivity contribution in [2.75, 3.05) is 0 Å². The van der Waals surface area contributed by atoms with E-state index in [-0.39, 0.29) is 32.5 Å². The van der Waals surface area contributed by atoms with Gasteiger partial charge in [0.05, 0.1) is 6.04 Å². The van der Waals surface area contributed by atoms with E-state index < -0.39 is 0 Å². The van der Waals surface area contributed by atoms with E-state index in [1.54, 1.807) is 49.2 Å². The molecule has 254 valence electrons. The van der Waals surface area contributed by atoms with Gasteiger partial charge in [-0.2, -0.15) is 0 Å². The van der Waals surface area contributed by atoms with Crippen LogP contribution < -0.4 is 0 Å². The Morgan fingerprint density at radius 1 is 0.750 bits per heavy atom. The van der Waals surface area contributed by atoms with Gasteiger partial charge in [0.15, 0.2) is 0 Å². The summed E-state index contributed by atoms with van der Waals surface area (Å²) in [5.74, 6) is 0.322. The zero-order valence-corrected chi connectivity index (χ0v) is 32.4. The monoisotopic (exact) mass is 1020 g/mol. The first-order chi connectivity index (χ1) is 23.0. The number of benzene rings is 3. The molecule has 0 aliphatic carbocycles. The molecule has 1 N–H and O–H groups in total. The van der Waals surface area contributed by atoms with Crippen LogP contribution in [0.15, 0.2) is 118 Å². The van der Waals surface area contributed by atoms with E-state index in [0.29, 0.717) is 5.75 Å². The van der Waals surface area contributed by atoms with Crippen molar-refractivity contribution in [3.8, 4) is 17.0 Å². The van der Waals surface area contributed by atoms with Crippen LogP contribution in [0.2, 0.25) is 0 Å². The molecule has 3 aromatic carbocycles. The van der Waals surface area contributed by atoms with E-state index in [9.17, 15) is 0 Å². The van der Waals surface area contributed by atoms with Gasteiger partial charge in [-0.05, 0) is 81.1 Å². The molecule has 0 saturated carbocycles. The minimum absolute atomic E-state index is 0. The molecule has 0 bridgehead atoms. The third kappa shape index (κ3) is 12.7. The van der Waals surface area contributed by atoms with Gasteiger partial charge in [0.25, 0.3) is 0 Å². The van der Waals surface area contributed by atoms with Crippen LogP contribution in [0.25, 0.3) is 22.7 Å². The summed E-state index contributed by atoms with van der Waals surface area (Å²) >= 11 is 1.61. The van der Waals surface area contributed by atoms with Crippen LogP contribution in [0.3, 0.4) is 0 Å². The van der Waals surface area contributed by atoms with Gasteiger partial charge in [0.2, 0.25) is 0 Å². The van der Waals surface area contributed by atoms with E-state index in [4.69, 9.17) is 5.11 Å². The average Bonchev–Trinajstić information content (AvgIpc) is 3.15. The van der Waals surface area contributed by atoms with E-state index in [1.165, 1.54) is 12.0 Å². The number of allylic oxidation sites excluding steroid dienone is 2. The van der Waals surface area contributed by atoms with Crippen molar-refractivity contribution in [3.63, 3.8) is 0 Å². The number of pyridine rings is 1. The molecule has 1 atom stereocenters. The van der Waals surface area contributed by atoms with Crippen LogP contribution in [0.4, 0.5) is 0 Å². The molecule has 4 heterocycles. The molecule has 8 heteroatoms. The van der Waals surface area contributed by atoms with Crippen LogP contribution in [0.5, 0.6) is 5.75 Å². The zero-order valence-electron chi connectivity index (χ0n) is 27.1. The first kappa shape index (κ1) is 39.2. The van der Waals surface area contributed by atoms with Crippen LogP contribution in [0, 0.1) is 17.5 Å². The number of nitrogens with zero attached hydrogens (tertiary/aromatic N) is 4. The summed E-state index contributed by atoms with van der Waals surface area (Å²) in [5.41, 5.74) is 7.51. The van der Waals surface area contributed by atoms with E-state index in [0.717, 1.165) is 65.9 Å². The van der Waals surface area contributed by atoms with Crippen LogP contribution in [-0.4, -0.2) is 28.7 Å². The number of para-hydroxylation sites is 1.